The van der Waals surface area contributed by atoms with E-state index < -0.39 is 54.9 Å². The summed E-state index contributed by atoms with van der Waals surface area (Å²) in [5.74, 6) is -8.17. The van der Waals surface area contributed by atoms with Crippen LogP contribution < -0.4 is 4.74 Å². The highest BCUT2D eigenvalue weighted by Gasteiger charge is 2.58. The highest BCUT2D eigenvalue weighted by Crippen LogP contribution is 2.34. The third-order valence-electron chi connectivity index (χ3n) is 7.43. The number of amides is 1. The van der Waals surface area contributed by atoms with Gasteiger partial charge >= 0.3 is 23.7 Å². The van der Waals surface area contributed by atoms with Crippen LogP contribution in [-0.4, -0.2) is 75.1 Å². The first-order valence-electron chi connectivity index (χ1n) is 13.7. The summed E-state index contributed by atoms with van der Waals surface area (Å²) in [5.41, 5.74) is 2.71. The van der Waals surface area contributed by atoms with Gasteiger partial charge in [-0.1, -0.05) is 60.7 Å². The highest BCUT2D eigenvalue weighted by atomic mass is 16.8. The SMILES string of the molecule is Cc1cc(C(CCc2ccccc2)C(C)N(CC(=O)O)C(=O)C2COC(C(=O)O)(C(=O)O)O2)ccc1Oc1ccccc1. The second-order valence-corrected chi connectivity index (χ2v) is 10.3. The standard InChI is InChI=1S/C32H33NO10/c1-20-17-23(14-16-26(20)42-24-11-7-4-8-12-24)25(15-13-22-9-5-3-6-10-22)21(2)33(18-28(34)35)29(36)27-19-41-32(43-27,30(37)38)31(39)40/h3-12,14,16-17,21,25,27H,13,15,18-19H2,1-2H3,(H,34,35)(H,37,38)(H,39,40). The van der Waals surface area contributed by atoms with Gasteiger partial charge in [-0.15, -0.1) is 0 Å². The Bertz CT molecular complexity index is 1450. The topological polar surface area (TPSA) is 160 Å². The number of aryl methyl sites for hydroxylation is 2. The van der Waals surface area contributed by atoms with Gasteiger partial charge in [0.05, 0.1) is 6.61 Å². The molecule has 43 heavy (non-hydrogen) atoms. The van der Waals surface area contributed by atoms with E-state index in [4.69, 9.17) is 14.2 Å². The van der Waals surface area contributed by atoms with E-state index in [9.17, 15) is 34.5 Å². The fourth-order valence-corrected chi connectivity index (χ4v) is 5.16. The fraction of sp³-hybridized carbons (Fsp3) is 0.312. The third kappa shape index (κ3) is 7.19. The van der Waals surface area contributed by atoms with Gasteiger partial charge in [0, 0.05) is 12.0 Å². The van der Waals surface area contributed by atoms with Gasteiger partial charge in [0.1, 0.15) is 18.0 Å². The average molecular weight is 592 g/mol. The largest absolute Gasteiger partial charge is 0.480 e. The second-order valence-electron chi connectivity index (χ2n) is 10.3. The van der Waals surface area contributed by atoms with Gasteiger partial charge in [-0.25, -0.2) is 9.59 Å². The van der Waals surface area contributed by atoms with E-state index in [1.54, 1.807) is 6.92 Å². The first-order chi connectivity index (χ1) is 20.5. The smallest absolute Gasteiger partial charge is 0.377 e. The number of ether oxygens (including phenoxy) is 3. The van der Waals surface area contributed by atoms with Crippen LogP contribution in [0.5, 0.6) is 11.5 Å². The Morgan fingerprint density at radius 2 is 1.58 bits per heavy atom. The summed E-state index contributed by atoms with van der Waals surface area (Å²) in [7, 11) is 0. The zero-order valence-corrected chi connectivity index (χ0v) is 23.7. The molecule has 1 amide bonds. The van der Waals surface area contributed by atoms with Crippen molar-refractivity contribution in [3.63, 3.8) is 0 Å². The van der Waals surface area contributed by atoms with Gasteiger partial charge < -0.3 is 34.4 Å². The summed E-state index contributed by atoms with van der Waals surface area (Å²) in [6, 6.07) is 23.9. The monoisotopic (exact) mass is 591 g/mol. The molecule has 0 spiro atoms. The lowest BCUT2D eigenvalue weighted by Gasteiger charge is -2.35. The Hall–Kier alpha value is -4.74. The highest BCUT2D eigenvalue weighted by molar-refractivity contribution is 6.01. The van der Waals surface area contributed by atoms with E-state index in [1.807, 2.05) is 85.8 Å². The number of rotatable bonds is 13. The Labute approximate surface area is 248 Å². The number of hydrogen-bond donors (Lipinski definition) is 3. The summed E-state index contributed by atoms with van der Waals surface area (Å²) < 4.78 is 16.1. The van der Waals surface area contributed by atoms with Crippen molar-refractivity contribution < 1.29 is 48.7 Å². The fourth-order valence-electron chi connectivity index (χ4n) is 5.16. The molecule has 3 aromatic carbocycles. The van der Waals surface area contributed by atoms with Gasteiger partial charge in [0.2, 0.25) is 0 Å². The van der Waals surface area contributed by atoms with E-state index in [0.29, 0.717) is 24.3 Å². The molecule has 1 saturated heterocycles. The first-order valence-corrected chi connectivity index (χ1v) is 13.7. The van der Waals surface area contributed by atoms with E-state index in [2.05, 4.69) is 0 Å². The molecule has 3 atom stereocenters. The van der Waals surface area contributed by atoms with Gasteiger partial charge in [0.25, 0.3) is 5.91 Å². The zero-order chi connectivity index (χ0) is 31.1. The predicted molar refractivity (Wildman–Crippen MR) is 153 cm³/mol. The quantitative estimate of drug-likeness (QED) is 0.247. The average Bonchev–Trinajstić information content (AvgIpc) is 3.45. The van der Waals surface area contributed by atoms with Crippen LogP contribution >= 0.6 is 0 Å². The molecular formula is C32H33NO10. The van der Waals surface area contributed by atoms with Gasteiger partial charge in [-0.3, -0.25) is 9.59 Å². The molecule has 0 radical (unpaired) electrons. The Kier molecular flexibility index (Phi) is 9.79. The molecule has 4 rings (SSSR count). The molecule has 11 heteroatoms. The van der Waals surface area contributed by atoms with Gasteiger partial charge in [-0.05, 0) is 61.6 Å². The first kappa shape index (κ1) is 31.2. The number of carbonyl (C=O) groups is 4. The maximum atomic E-state index is 13.6. The molecule has 1 aliphatic rings. The lowest BCUT2D eigenvalue weighted by atomic mass is 9.85. The molecule has 1 aliphatic heterocycles. The summed E-state index contributed by atoms with van der Waals surface area (Å²) in [6.07, 6.45) is -0.480. The Morgan fingerprint density at radius 1 is 0.953 bits per heavy atom. The molecule has 3 aromatic rings. The van der Waals surface area contributed by atoms with Crippen LogP contribution in [0.4, 0.5) is 0 Å². The number of para-hydroxylation sites is 1. The summed E-state index contributed by atoms with van der Waals surface area (Å²) in [6.45, 7) is 2.21. The van der Waals surface area contributed by atoms with E-state index in [1.165, 1.54) is 0 Å². The number of carboxylic acids is 3. The van der Waals surface area contributed by atoms with Crippen molar-refractivity contribution in [1.29, 1.82) is 0 Å². The molecule has 226 valence electrons. The molecule has 0 aromatic heterocycles. The van der Waals surface area contributed by atoms with E-state index in [-0.39, 0.29) is 5.92 Å². The van der Waals surface area contributed by atoms with Crippen molar-refractivity contribution in [2.75, 3.05) is 13.2 Å². The maximum absolute atomic E-state index is 13.6. The minimum Gasteiger partial charge on any atom is -0.480 e. The van der Waals surface area contributed by atoms with Gasteiger partial charge in [-0.2, -0.15) is 0 Å². The molecule has 1 fully saturated rings. The van der Waals surface area contributed by atoms with E-state index in [0.717, 1.165) is 21.6 Å². The number of carboxylic acid groups (broad SMARTS) is 3. The van der Waals surface area contributed by atoms with Crippen LogP contribution in [-0.2, 0) is 35.1 Å². The van der Waals surface area contributed by atoms with Crippen molar-refractivity contribution >= 4 is 23.8 Å². The van der Waals surface area contributed by atoms with Crippen LogP contribution in [0.25, 0.3) is 0 Å². The maximum Gasteiger partial charge on any atom is 0.377 e. The molecule has 0 saturated carbocycles. The molecular weight excluding hydrogens is 558 g/mol. The molecule has 11 nitrogen and oxygen atoms in total. The van der Waals surface area contributed by atoms with Crippen molar-refractivity contribution in [3.05, 3.63) is 95.6 Å². The zero-order valence-electron chi connectivity index (χ0n) is 23.7. The molecule has 3 unspecified atom stereocenters. The molecule has 3 N–H and O–H groups in total. The Morgan fingerprint density at radius 3 is 2.14 bits per heavy atom. The lowest BCUT2D eigenvalue weighted by Crippen LogP contribution is -2.52. The number of nitrogens with zero attached hydrogens (tertiary/aromatic N) is 1. The lowest BCUT2D eigenvalue weighted by molar-refractivity contribution is -0.218. The van der Waals surface area contributed by atoms with Crippen molar-refractivity contribution in [2.45, 2.75) is 50.5 Å². The minimum absolute atomic E-state index is 0.376. The van der Waals surface area contributed by atoms with Crippen molar-refractivity contribution in [1.82, 2.24) is 4.90 Å². The van der Waals surface area contributed by atoms with Crippen LogP contribution in [0, 0.1) is 6.92 Å². The molecule has 0 aliphatic carbocycles. The summed E-state index contributed by atoms with van der Waals surface area (Å²) in [4.78, 5) is 49.9. The summed E-state index contributed by atoms with van der Waals surface area (Å²) >= 11 is 0. The molecule has 1 heterocycles. The van der Waals surface area contributed by atoms with Gasteiger partial charge in [0.15, 0.2) is 6.10 Å². The number of hydrogen-bond acceptors (Lipinski definition) is 7. The Balaban J connectivity index is 1.65. The number of aliphatic carboxylic acids is 3. The van der Waals surface area contributed by atoms with Crippen LogP contribution in [0.3, 0.4) is 0 Å². The number of carbonyl (C=O) groups excluding carboxylic acids is 1. The van der Waals surface area contributed by atoms with Crippen molar-refractivity contribution in [3.8, 4) is 11.5 Å². The second kappa shape index (κ2) is 13.5. The van der Waals surface area contributed by atoms with Crippen LogP contribution in [0.1, 0.15) is 36.0 Å². The minimum atomic E-state index is -3.06. The van der Waals surface area contributed by atoms with Crippen LogP contribution in [0.15, 0.2) is 78.9 Å². The van der Waals surface area contributed by atoms with E-state index >= 15 is 0 Å². The van der Waals surface area contributed by atoms with Crippen molar-refractivity contribution in [2.24, 2.45) is 0 Å². The predicted octanol–water partition coefficient (Wildman–Crippen LogP) is 4.09. The van der Waals surface area contributed by atoms with Crippen LogP contribution in [0.2, 0.25) is 0 Å². The molecule has 0 bridgehead atoms. The summed E-state index contributed by atoms with van der Waals surface area (Å²) in [5, 5.41) is 28.6. The normalized spacial score (nSPS) is 17.0. The number of benzene rings is 3. The third-order valence-corrected chi connectivity index (χ3v) is 7.43.